The van der Waals surface area contributed by atoms with Gasteiger partial charge in [-0.05, 0) is 42.3 Å². The molecule has 0 fully saturated rings. The second-order valence-corrected chi connectivity index (χ2v) is 4.07. The lowest BCUT2D eigenvalue weighted by atomic mass is 10.1. The van der Waals surface area contributed by atoms with Crippen molar-refractivity contribution in [3.63, 3.8) is 0 Å². The Morgan fingerprint density at radius 2 is 2.00 bits per heavy atom. The average Bonchev–Trinajstić information content (AvgIpc) is 2.28. The Kier molecular flexibility index (Phi) is 3.28. The van der Waals surface area contributed by atoms with Crippen molar-refractivity contribution in [3.05, 3.63) is 59.4 Å². The van der Waals surface area contributed by atoms with Crippen LogP contribution in [-0.2, 0) is 6.54 Å². The van der Waals surface area contributed by atoms with E-state index in [9.17, 15) is 4.39 Å². The molecule has 0 atom stereocenters. The number of rotatable bonds is 3. The molecule has 0 bridgehead atoms. The van der Waals surface area contributed by atoms with Crippen LogP contribution in [0.2, 0.25) is 0 Å². The minimum atomic E-state index is -0.221. The van der Waals surface area contributed by atoms with Crippen LogP contribution >= 0.6 is 0 Å². The van der Waals surface area contributed by atoms with Crippen molar-refractivity contribution in [1.82, 2.24) is 0 Å². The standard InChI is InChI=1S/C14H15FN2/c1-10-5-6-14(13(16)7-10)17-9-11-3-2-4-12(15)8-11/h2-8,17H,9,16H2,1H3. The Bertz CT molecular complexity index is 523. The van der Waals surface area contributed by atoms with Crippen LogP contribution in [0.3, 0.4) is 0 Å². The zero-order valence-corrected chi connectivity index (χ0v) is 9.70. The molecule has 0 radical (unpaired) electrons. The predicted octanol–water partition coefficient (Wildman–Crippen LogP) is 3.33. The molecule has 17 heavy (non-hydrogen) atoms. The maximum Gasteiger partial charge on any atom is 0.123 e. The normalized spacial score (nSPS) is 10.2. The van der Waals surface area contributed by atoms with Crippen LogP contribution in [-0.4, -0.2) is 0 Å². The Labute approximate surface area is 100 Å². The molecule has 0 aliphatic heterocycles. The smallest absolute Gasteiger partial charge is 0.123 e. The summed E-state index contributed by atoms with van der Waals surface area (Å²) in [5.41, 5.74) is 9.48. The molecule has 0 aliphatic rings. The molecule has 2 rings (SSSR count). The van der Waals surface area contributed by atoms with E-state index in [2.05, 4.69) is 5.32 Å². The Morgan fingerprint density at radius 1 is 1.18 bits per heavy atom. The van der Waals surface area contributed by atoms with E-state index >= 15 is 0 Å². The van der Waals surface area contributed by atoms with E-state index in [1.807, 2.05) is 31.2 Å². The van der Waals surface area contributed by atoms with Crippen molar-refractivity contribution in [1.29, 1.82) is 0 Å². The van der Waals surface area contributed by atoms with Crippen molar-refractivity contribution in [3.8, 4) is 0 Å². The predicted molar refractivity (Wildman–Crippen MR) is 69.3 cm³/mol. The molecule has 3 N–H and O–H groups in total. The molecule has 2 nitrogen and oxygen atoms in total. The van der Waals surface area contributed by atoms with Crippen LogP contribution in [0, 0.1) is 12.7 Å². The molecule has 0 unspecified atom stereocenters. The molecule has 0 aromatic heterocycles. The van der Waals surface area contributed by atoms with Crippen LogP contribution in [0.4, 0.5) is 15.8 Å². The SMILES string of the molecule is Cc1ccc(NCc2cccc(F)c2)c(N)c1. The quantitative estimate of drug-likeness (QED) is 0.794. The van der Waals surface area contributed by atoms with Gasteiger partial charge >= 0.3 is 0 Å². The molecule has 0 amide bonds. The molecule has 0 saturated carbocycles. The lowest BCUT2D eigenvalue weighted by molar-refractivity contribution is 0.626. The van der Waals surface area contributed by atoms with E-state index in [1.54, 1.807) is 6.07 Å². The highest BCUT2D eigenvalue weighted by Crippen LogP contribution is 2.20. The van der Waals surface area contributed by atoms with Crippen LogP contribution in [0.15, 0.2) is 42.5 Å². The molecule has 3 heteroatoms. The van der Waals surface area contributed by atoms with Crippen molar-refractivity contribution in [2.24, 2.45) is 0 Å². The van der Waals surface area contributed by atoms with E-state index in [0.29, 0.717) is 12.2 Å². The number of hydrogen-bond donors (Lipinski definition) is 2. The number of aryl methyl sites for hydroxylation is 1. The van der Waals surface area contributed by atoms with Gasteiger partial charge in [-0.3, -0.25) is 0 Å². The first-order valence-corrected chi connectivity index (χ1v) is 5.49. The number of nitrogen functional groups attached to an aromatic ring is 1. The molecular formula is C14H15FN2. The zero-order valence-electron chi connectivity index (χ0n) is 9.70. The van der Waals surface area contributed by atoms with E-state index in [-0.39, 0.29) is 5.82 Å². The lowest BCUT2D eigenvalue weighted by Gasteiger charge is -2.10. The van der Waals surface area contributed by atoms with Gasteiger partial charge in [-0.15, -0.1) is 0 Å². The Hall–Kier alpha value is -2.03. The fourth-order valence-electron chi connectivity index (χ4n) is 1.69. The van der Waals surface area contributed by atoms with E-state index in [1.165, 1.54) is 12.1 Å². The van der Waals surface area contributed by atoms with Gasteiger partial charge in [0.2, 0.25) is 0 Å². The van der Waals surface area contributed by atoms with Crippen molar-refractivity contribution < 1.29 is 4.39 Å². The third-order valence-corrected chi connectivity index (χ3v) is 2.58. The van der Waals surface area contributed by atoms with E-state index < -0.39 is 0 Å². The summed E-state index contributed by atoms with van der Waals surface area (Å²) in [5.74, 6) is -0.221. The summed E-state index contributed by atoms with van der Waals surface area (Å²) in [7, 11) is 0. The van der Waals surface area contributed by atoms with Gasteiger partial charge in [0.1, 0.15) is 5.82 Å². The number of anilines is 2. The third-order valence-electron chi connectivity index (χ3n) is 2.58. The van der Waals surface area contributed by atoms with Gasteiger partial charge in [0.25, 0.3) is 0 Å². The van der Waals surface area contributed by atoms with E-state index in [4.69, 9.17) is 5.73 Å². The highest BCUT2D eigenvalue weighted by molar-refractivity contribution is 5.66. The highest BCUT2D eigenvalue weighted by Gasteiger charge is 1.99. The fraction of sp³-hybridized carbons (Fsp3) is 0.143. The van der Waals surface area contributed by atoms with Crippen LogP contribution < -0.4 is 11.1 Å². The number of benzene rings is 2. The lowest BCUT2D eigenvalue weighted by Crippen LogP contribution is -2.02. The minimum absolute atomic E-state index is 0.221. The molecule has 88 valence electrons. The second-order valence-electron chi connectivity index (χ2n) is 4.07. The molecule has 0 spiro atoms. The molecule has 2 aromatic carbocycles. The maximum atomic E-state index is 13.0. The summed E-state index contributed by atoms with van der Waals surface area (Å²) in [6, 6.07) is 12.4. The number of halogens is 1. The van der Waals surface area contributed by atoms with E-state index in [0.717, 1.165) is 16.8 Å². The van der Waals surface area contributed by atoms with Crippen LogP contribution in [0.5, 0.6) is 0 Å². The molecule has 0 saturated heterocycles. The number of nitrogens with one attached hydrogen (secondary N) is 1. The summed E-state index contributed by atoms with van der Waals surface area (Å²) in [6.07, 6.45) is 0. The molecule has 2 aromatic rings. The van der Waals surface area contributed by atoms with Crippen molar-refractivity contribution in [2.75, 3.05) is 11.1 Å². The highest BCUT2D eigenvalue weighted by atomic mass is 19.1. The molecule has 0 aliphatic carbocycles. The van der Waals surface area contributed by atoms with Crippen molar-refractivity contribution >= 4 is 11.4 Å². The Morgan fingerprint density at radius 3 is 2.71 bits per heavy atom. The number of nitrogens with two attached hydrogens (primary N) is 1. The van der Waals surface area contributed by atoms with Gasteiger partial charge in [-0.1, -0.05) is 18.2 Å². The summed E-state index contributed by atoms with van der Waals surface area (Å²) in [6.45, 7) is 2.55. The Balaban J connectivity index is 2.07. The van der Waals surface area contributed by atoms with Gasteiger partial charge in [0.05, 0.1) is 11.4 Å². The topological polar surface area (TPSA) is 38.0 Å². The molecular weight excluding hydrogens is 215 g/mol. The van der Waals surface area contributed by atoms with Gasteiger partial charge in [-0.25, -0.2) is 4.39 Å². The van der Waals surface area contributed by atoms with Gasteiger partial charge in [-0.2, -0.15) is 0 Å². The zero-order chi connectivity index (χ0) is 12.3. The third kappa shape index (κ3) is 2.97. The van der Waals surface area contributed by atoms with Gasteiger partial charge < -0.3 is 11.1 Å². The minimum Gasteiger partial charge on any atom is -0.397 e. The first kappa shape index (κ1) is 11.5. The summed E-state index contributed by atoms with van der Waals surface area (Å²) in [4.78, 5) is 0. The fourth-order valence-corrected chi connectivity index (χ4v) is 1.69. The van der Waals surface area contributed by atoms with Gasteiger partial charge in [0.15, 0.2) is 0 Å². The second kappa shape index (κ2) is 4.87. The number of hydrogen-bond acceptors (Lipinski definition) is 2. The van der Waals surface area contributed by atoms with Gasteiger partial charge in [0, 0.05) is 6.54 Å². The molecule has 0 heterocycles. The summed E-state index contributed by atoms with van der Waals surface area (Å²) < 4.78 is 13.0. The van der Waals surface area contributed by atoms with Crippen molar-refractivity contribution in [2.45, 2.75) is 13.5 Å². The first-order chi connectivity index (χ1) is 8.15. The monoisotopic (exact) mass is 230 g/mol. The maximum absolute atomic E-state index is 13.0. The first-order valence-electron chi connectivity index (χ1n) is 5.49. The van der Waals surface area contributed by atoms with Crippen LogP contribution in [0.1, 0.15) is 11.1 Å². The largest absolute Gasteiger partial charge is 0.397 e. The average molecular weight is 230 g/mol. The summed E-state index contributed by atoms with van der Waals surface area (Å²) in [5, 5.41) is 3.19. The van der Waals surface area contributed by atoms with Crippen LogP contribution in [0.25, 0.3) is 0 Å². The summed E-state index contributed by atoms with van der Waals surface area (Å²) >= 11 is 0.